The summed E-state index contributed by atoms with van der Waals surface area (Å²) in [6.07, 6.45) is 6.03. The maximum Gasteiger partial charge on any atom is 0.153 e. The van der Waals surface area contributed by atoms with Crippen molar-refractivity contribution in [3.8, 4) is 11.1 Å². The number of hydrogen-bond acceptors (Lipinski definition) is 2. The first-order chi connectivity index (χ1) is 8.34. The van der Waals surface area contributed by atoms with Gasteiger partial charge < -0.3 is 5.73 Å². The van der Waals surface area contributed by atoms with Gasteiger partial charge in [0.25, 0.3) is 0 Å². The number of nitrogens with one attached hydrogen (secondary N) is 1. The van der Waals surface area contributed by atoms with Crippen molar-refractivity contribution in [2.75, 3.05) is 5.73 Å². The molecular formula is C13H13N3S. The molecule has 1 aromatic carbocycles. The molecule has 3 nitrogen and oxygen atoms in total. The molecule has 1 aromatic heterocycles. The maximum atomic E-state index is 5.77. The highest BCUT2D eigenvalue weighted by Crippen LogP contribution is 2.42. The first kappa shape index (κ1) is 10.2. The molecule has 0 spiro atoms. The fourth-order valence-electron chi connectivity index (χ4n) is 1.85. The van der Waals surface area contributed by atoms with Crippen LogP contribution in [-0.4, -0.2) is 10.2 Å². The normalized spacial score (nSPS) is 15.6. The number of thiol groups is 1. The van der Waals surface area contributed by atoms with Gasteiger partial charge in [0, 0.05) is 11.8 Å². The second-order valence-corrected chi connectivity index (χ2v) is 5.75. The average Bonchev–Trinajstić information content (AvgIpc) is 3.00. The summed E-state index contributed by atoms with van der Waals surface area (Å²) in [6.45, 7) is 0. The Morgan fingerprint density at radius 2 is 1.76 bits per heavy atom. The zero-order valence-corrected chi connectivity index (χ0v) is 10.1. The minimum atomic E-state index is -0.234. The first-order valence-corrected chi connectivity index (χ1v) is 6.85. The van der Waals surface area contributed by atoms with E-state index < -0.39 is 0 Å². The Hall–Kier alpha value is -1.94. The molecule has 3 rings (SSSR count). The van der Waals surface area contributed by atoms with Crippen molar-refractivity contribution in [3.63, 3.8) is 0 Å². The molecule has 0 fully saturated rings. The molecule has 2 heterocycles. The van der Waals surface area contributed by atoms with Gasteiger partial charge in [-0.3, -0.25) is 5.10 Å². The van der Waals surface area contributed by atoms with E-state index in [1.54, 1.807) is 0 Å². The van der Waals surface area contributed by atoms with E-state index in [0.29, 0.717) is 5.82 Å². The molecule has 0 radical (unpaired) electrons. The summed E-state index contributed by atoms with van der Waals surface area (Å²) in [6, 6.07) is 8.51. The van der Waals surface area contributed by atoms with E-state index in [1.165, 1.54) is 4.90 Å². The number of aromatic amines is 1. The second kappa shape index (κ2) is 4.14. The molecule has 1 aliphatic rings. The molecule has 17 heavy (non-hydrogen) atoms. The fraction of sp³-hybridized carbons (Fsp3) is 0. The minimum Gasteiger partial charge on any atom is -0.382 e. The molecule has 0 bridgehead atoms. The van der Waals surface area contributed by atoms with Gasteiger partial charge in [0.1, 0.15) is 0 Å². The van der Waals surface area contributed by atoms with Gasteiger partial charge in [-0.1, -0.05) is 24.3 Å². The molecule has 2 aromatic rings. The second-order valence-electron chi connectivity index (χ2n) is 3.82. The average molecular weight is 243 g/mol. The number of hydrogen-bond donors (Lipinski definition) is 3. The largest absolute Gasteiger partial charge is 0.382 e. The molecular weight excluding hydrogens is 230 g/mol. The lowest BCUT2D eigenvalue weighted by Crippen LogP contribution is -1.87. The van der Waals surface area contributed by atoms with Gasteiger partial charge in [-0.25, -0.2) is 0 Å². The van der Waals surface area contributed by atoms with Gasteiger partial charge in [-0.2, -0.15) is 16.0 Å². The van der Waals surface area contributed by atoms with Crippen LogP contribution >= 0.6 is 10.9 Å². The van der Waals surface area contributed by atoms with Crippen molar-refractivity contribution in [2.24, 2.45) is 0 Å². The summed E-state index contributed by atoms with van der Waals surface area (Å²) in [4.78, 5) is 1.36. The summed E-state index contributed by atoms with van der Waals surface area (Å²) in [5.74, 6) is 0.545. The van der Waals surface area contributed by atoms with Gasteiger partial charge in [0.05, 0.1) is 0 Å². The van der Waals surface area contributed by atoms with Crippen LogP contribution < -0.4 is 5.73 Å². The molecule has 1 aliphatic heterocycles. The summed E-state index contributed by atoms with van der Waals surface area (Å²) < 4.78 is 0. The molecule has 0 saturated carbocycles. The number of anilines is 1. The molecule has 4 heteroatoms. The van der Waals surface area contributed by atoms with Crippen LogP contribution in [0.5, 0.6) is 0 Å². The minimum absolute atomic E-state index is 0.234. The molecule has 0 unspecified atom stereocenters. The van der Waals surface area contributed by atoms with Gasteiger partial charge in [0.2, 0.25) is 0 Å². The highest BCUT2D eigenvalue weighted by atomic mass is 32.2. The van der Waals surface area contributed by atoms with Gasteiger partial charge in [-0.15, -0.1) is 0 Å². The predicted octanol–water partition coefficient (Wildman–Crippen LogP) is 3.06. The maximum absolute atomic E-state index is 5.77. The highest BCUT2D eigenvalue weighted by Gasteiger charge is 2.06. The van der Waals surface area contributed by atoms with E-state index >= 15 is 0 Å². The van der Waals surface area contributed by atoms with E-state index in [9.17, 15) is 0 Å². The lowest BCUT2D eigenvalue weighted by molar-refractivity contribution is 1.10. The van der Waals surface area contributed by atoms with Crippen LogP contribution in [0.2, 0.25) is 0 Å². The number of nitrogens with two attached hydrogens (primary N) is 1. The number of rotatable bonds is 2. The Labute approximate surface area is 102 Å². The zero-order chi connectivity index (χ0) is 11.7. The third-order valence-corrected chi connectivity index (χ3v) is 4.63. The van der Waals surface area contributed by atoms with Crippen LogP contribution in [0.15, 0.2) is 58.3 Å². The molecule has 0 amide bonds. The van der Waals surface area contributed by atoms with Gasteiger partial charge >= 0.3 is 0 Å². The molecule has 86 valence electrons. The molecule has 0 atom stereocenters. The fourth-order valence-corrected chi connectivity index (χ4v) is 3.36. The zero-order valence-electron chi connectivity index (χ0n) is 9.17. The standard InChI is InChI=1S/C13H13N3S/c14-13-12(9-15-16-13)10-3-5-11(6-4-10)17-7-1-2-8-17/h1-9,17H,(H3,14,15,16). The number of nitrogens with zero attached hydrogens (tertiary/aromatic N) is 1. The number of H-pyrrole nitrogens is 1. The molecule has 0 saturated heterocycles. The van der Waals surface area contributed by atoms with Crippen LogP contribution in [0.3, 0.4) is 0 Å². The van der Waals surface area contributed by atoms with Crippen LogP contribution in [0.1, 0.15) is 0 Å². The van der Waals surface area contributed by atoms with Crippen molar-refractivity contribution in [2.45, 2.75) is 4.90 Å². The number of allylic oxidation sites excluding steroid dienone is 2. The van der Waals surface area contributed by atoms with Crippen molar-refractivity contribution >= 4 is 16.7 Å². The Morgan fingerprint density at radius 3 is 2.35 bits per heavy atom. The van der Waals surface area contributed by atoms with E-state index in [2.05, 4.69) is 57.4 Å². The third-order valence-electron chi connectivity index (χ3n) is 2.75. The van der Waals surface area contributed by atoms with E-state index in [4.69, 9.17) is 5.73 Å². The highest BCUT2D eigenvalue weighted by molar-refractivity contribution is 8.22. The van der Waals surface area contributed by atoms with Gasteiger partial charge in [0.15, 0.2) is 5.82 Å². The topological polar surface area (TPSA) is 54.7 Å². The third kappa shape index (κ3) is 1.87. The smallest absolute Gasteiger partial charge is 0.153 e. The molecule has 3 N–H and O–H groups in total. The monoisotopic (exact) mass is 243 g/mol. The number of aromatic nitrogens is 2. The summed E-state index contributed by atoms with van der Waals surface area (Å²) in [5, 5.41) is 11.2. The lowest BCUT2D eigenvalue weighted by atomic mass is 10.1. The van der Waals surface area contributed by atoms with E-state index in [-0.39, 0.29) is 10.9 Å². The number of nitrogen functional groups attached to an aromatic ring is 1. The van der Waals surface area contributed by atoms with Crippen LogP contribution in [-0.2, 0) is 0 Å². The van der Waals surface area contributed by atoms with Crippen LogP contribution in [0.25, 0.3) is 11.1 Å². The summed E-state index contributed by atoms with van der Waals surface area (Å²) >= 11 is 0. The van der Waals surface area contributed by atoms with Gasteiger partial charge in [-0.05, 0) is 33.4 Å². The van der Waals surface area contributed by atoms with Crippen molar-refractivity contribution in [3.05, 3.63) is 53.4 Å². The first-order valence-electron chi connectivity index (χ1n) is 5.37. The van der Waals surface area contributed by atoms with Crippen molar-refractivity contribution in [1.82, 2.24) is 10.2 Å². The Morgan fingerprint density at radius 1 is 1.06 bits per heavy atom. The Kier molecular flexibility index (Phi) is 2.49. The lowest BCUT2D eigenvalue weighted by Gasteiger charge is -2.10. The Bertz CT molecular complexity index is 569. The molecule has 0 aliphatic carbocycles. The predicted molar refractivity (Wildman–Crippen MR) is 74.0 cm³/mol. The number of benzene rings is 1. The summed E-state index contributed by atoms with van der Waals surface area (Å²) in [5.41, 5.74) is 7.83. The van der Waals surface area contributed by atoms with Crippen LogP contribution in [0, 0.1) is 0 Å². The van der Waals surface area contributed by atoms with Crippen molar-refractivity contribution in [1.29, 1.82) is 0 Å². The van der Waals surface area contributed by atoms with Crippen LogP contribution in [0.4, 0.5) is 5.82 Å². The quantitative estimate of drug-likeness (QED) is 0.710. The Balaban J connectivity index is 1.93. The van der Waals surface area contributed by atoms with E-state index in [1.807, 2.05) is 6.20 Å². The van der Waals surface area contributed by atoms with E-state index in [0.717, 1.165) is 11.1 Å². The SMILES string of the molecule is Nc1n[nH]cc1-c1ccc([SH]2C=CC=C2)cc1. The summed E-state index contributed by atoms with van der Waals surface area (Å²) in [7, 11) is -0.234. The van der Waals surface area contributed by atoms with Crippen molar-refractivity contribution < 1.29 is 0 Å².